The van der Waals surface area contributed by atoms with Crippen LogP contribution >= 0.6 is 0 Å². The fraction of sp³-hybridized carbons (Fsp3) is 0.161. The molecule has 0 saturated heterocycles. The van der Waals surface area contributed by atoms with Crippen molar-refractivity contribution < 1.29 is 21.9 Å². The van der Waals surface area contributed by atoms with Crippen LogP contribution in [0.3, 0.4) is 0 Å². The number of amides is 1. The molecule has 187 valence electrons. The molecule has 0 aliphatic carbocycles. The molecule has 4 aromatic rings. The average Bonchev–Trinajstić information content (AvgIpc) is 2.91. The lowest BCUT2D eigenvalue weighted by Gasteiger charge is -2.34. The van der Waals surface area contributed by atoms with Gasteiger partial charge in [0.25, 0.3) is 6.29 Å². The molecule has 0 spiro atoms. The molecule has 0 aromatic heterocycles. The van der Waals surface area contributed by atoms with E-state index >= 15 is 0 Å². The van der Waals surface area contributed by atoms with Crippen LogP contribution in [-0.4, -0.2) is 37.6 Å². The Bertz CT molecular complexity index is 1490. The number of quaternary nitrogens is 1. The van der Waals surface area contributed by atoms with Crippen molar-refractivity contribution in [3.63, 3.8) is 0 Å². The number of aryl methyl sites for hydroxylation is 2. The van der Waals surface area contributed by atoms with Gasteiger partial charge in [0.2, 0.25) is 0 Å². The Kier molecular flexibility index (Phi) is 7.52. The summed E-state index contributed by atoms with van der Waals surface area (Å²) in [5.74, 6) is -0.676. The second-order valence-electron chi connectivity index (χ2n) is 9.36. The van der Waals surface area contributed by atoms with Crippen LogP contribution in [0.15, 0.2) is 108 Å². The summed E-state index contributed by atoms with van der Waals surface area (Å²) in [5.41, 5.74) is 4.67. The number of hydrogen-bond acceptors (Lipinski definition) is 4. The lowest BCUT2D eigenvalue weighted by atomic mass is 10.00. The summed E-state index contributed by atoms with van der Waals surface area (Å²) >= 11 is 0. The van der Waals surface area contributed by atoms with Crippen molar-refractivity contribution in [2.75, 3.05) is 7.05 Å². The average molecular weight is 512 g/mol. The molecule has 4 rings (SSSR count). The minimum atomic E-state index is -4.33. The van der Waals surface area contributed by atoms with Gasteiger partial charge < -0.3 is 0 Å². The highest BCUT2D eigenvalue weighted by Gasteiger charge is 2.53. The molecule has 1 amide bonds. The maximum Gasteiger partial charge on any atom is 0.361 e. The molecule has 4 aromatic carbocycles. The van der Waals surface area contributed by atoms with E-state index in [1.54, 1.807) is 30.3 Å². The molecule has 37 heavy (non-hydrogen) atoms. The molecule has 0 saturated carbocycles. The van der Waals surface area contributed by atoms with Gasteiger partial charge in [0.05, 0.1) is 12.6 Å². The summed E-state index contributed by atoms with van der Waals surface area (Å²) in [6, 6.07) is 29.1. The summed E-state index contributed by atoms with van der Waals surface area (Å²) in [7, 11) is -3.03. The van der Waals surface area contributed by atoms with Gasteiger partial charge in [0.1, 0.15) is 4.90 Å². The van der Waals surface area contributed by atoms with E-state index in [4.69, 9.17) is 0 Å². The summed E-state index contributed by atoms with van der Waals surface area (Å²) in [6.07, 6.45) is 1.94. The van der Waals surface area contributed by atoms with Gasteiger partial charge in [-0.1, -0.05) is 78.9 Å². The molecule has 1 unspecified atom stereocenters. The first-order valence-corrected chi connectivity index (χ1v) is 13.4. The second kappa shape index (κ2) is 10.6. The zero-order chi connectivity index (χ0) is 26.6. The molecule has 0 N–H and O–H groups in total. The predicted molar refractivity (Wildman–Crippen MR) is 145 cm³/mol. The fourth-order valence-electron chi connectivity index (χ4n) is 4.59. The van der Waals surface area contributed by atoms with Gasteiger partial charge in [-0.3, -0.25) is 4.79 Å². The van der Waals surface area contributed by atoms with E-state index in [2.05, 4.69) is 0 Å². The standard InChI is InChI=1S/C31H29NO4S/c1-23-18-24(2)20-28(19-23)31(34)32(3,37(35,36)30-12-8-5-9-13-30)29(22-33)21-25-14-16-27(17-15-25)26-10-6-4-7-11-26/h4-20,29H,21H2,1-3H3/q+1/t29-,32?/m0/s1. The molecular weight excluding hydrogens is 482 g/mol. The van der Waals surface area contributed by atoms with Crippen LogP contribution in [-0.2, 0) is 21.2 Å². The van der Waals surface area contributed by atoms with Crippen molar-refractivity contribution in [3.8, 4) is 11.1 Å². The summed E-state index contributed by atoms with van der Waals surface area (Å²) in [5, 5.41) is 0. The SMILES string of the molecule is Cc1cc(C)cc(C(=O)[N+](C)([C@H]([C]=O)Cc2ccc(-c3ccccc3)cc2)S(=O)(=O)c2ccccc2)c1. The van der Waals surface area contributed by atoms with E-state index < -0.39 is 25.9 Å². The Morgan fingerprint density at radius 1 is 0.784 bits per heavy atom. The highest BCUT2D eigenvalue weighted by Crippen LogP contribution is 2.31. The van der Waals surface area contributed by atoms with Gasteiger partial charge in [-0.15, -0.1) is 3.89 Å². The lowest BCUT2D eigenvalue weighted by Crippen LogP contribution is -2.61. The van der Waals surface area contributed by atoms with Crippen LogP contribution in [0.2, 0.25) is 0 Å². The fourth-order valence-corrected chi connectivity index (χ4v) is 6.30. The maximum absolute atomic E-state index is 14.0. The van der Waals surface area contributed by atoms with E-state index in [9.17, 15) is 18.0 Å². The van der Waals surface area contributed by atoms with Crippen LogP contribution in [0.25, 0.3) is 11.1 Å². The van der Waals surface area contributed by atoms with Gasteiger partial charge in [-0.05, 0) is 65.9 Å². The summed E-state index contributed by atoms with van der Waals surface area (Å²) in [6.45, 7) is 3.69. The zero-order valence-electron chi connectivity index (χ0n) is 21.1. The largest absolute Gasteiger partial charge is 0.361 e. The van der Waals surface area contributed by atoms with Gasteiger partial charge in [0, 0.05) is 6.42 Å². The van der Waals surface area contributed by atoms with Crippen LogP contribution in [0.1, 0.15) is 27.0 Å². The van der Waals surface area contributed by atoms with Crippen LogP contribution < -0.4 is 0 Å². The van der Waals surface area contributed by atoms with Crippen molar-refractivity contribution in [3.05, 3.63) is 125 Å². The van der Waals surface area contributed by atoms with Crippen LogP contribution in [0.5, 0.6) is 0 Å². The normalized spacial score (nSPS) is 13.9. The summed E-state index contributed by atoms with van der Waals surface area (Å²) < 4.78 is 26.9. The number of carbonyl (C=O) groups excluding carboxylic acids is 2. The topological polar surface area (TPSA) is 68.3 Å². The third-order valence-corrected chi connectivity index (χ3v) is 8.92. The number of sulfonamides is 1. The van der Waals surface area contributed by atoms with Gasteiger partial charge in [0.15, 0.2) is 6.04 Å². The Labute approximate surface area is 218 Å². The van der Waals surface area contributed by atoms with Gasteiger partial charge >= 0.3 is 15.9 Å². The van der Waals surface area contributed by atoms with Gasteiger partial charge in [-0.25, -0.2) is 4.79 Å². The van der Waals surface area contributed by atoms with E-state index in [0.29, 0.717) is 0 Å². The van der Waals surface area contributed by atoms with E-state index in [0.717, 1.165) is 27.8 Å². The first-order chi connectivity index (χ1) is 17.7. The highest BCUT2D eigenvalue weighted by molar-refractivity contribution is 7.86. The van der Waals surface area contributed by atoms with E-state index in [-0.39, 0.29) is 16.9 Å². The number of benzene rings is 4. The monoisotopic (exact) mass is 511 g/mol. The number of likely N-dealkylation sites (N-methyl/N-ethyl adjacent to an activating group) is 1. The second-order valence-corrected chi connectivity index (χ2v) is 11.5. The van der Waals surface area contributed by atoms with Gasteiger partial charge in [-0.2, -0.15) is 8.42 Å². The molecular formula is C31H29NO4S+. The first kappa shape index (κ1) is 26.2. The van der Waals surface area contributed by atoms with Crippen molar-refractivity contribution in [2.45, 2.75) is 31.2 Å². The Morgan fingerprint density at radius 3 is 1.84 bits per heavy atom. The van der Waals surface area contributed by atoms with Crippen LogP contribution in [0, 0.1) is 13.8 Å². The smallest absolute Gasteiger partial charge is 0.284 e. The minimum Gasteiger partial charge on any atom is -0.284 e. The molecule has 0 heterocycles. The predicted octanol–water partition coefficient (Wildman–Crippen LogP) is 5.67. The molecule has 0 aliphatic rings. The van der Waals surface area contributed by atoms with Crippen molar-refractivity contribution in [1.82, 2.24) is 0 Å². The Hall–Kier alpha value is -3.87. The first-order valence-electron chi connectivity index (χ1n) is 12.0. The third-order valence-electron chi connectivity index (χ3n) is 6.63. The molecule has 2 atom stereocenters. The quantitative estimate of drug-likeness (QED) is 0.286. The number of rotatable bonds is 8. The molecule has 0 aliphatic heterocycles. The van der Waals surface area contributed by atoms with Crippen molar-refractivity contribution >= 4 is 22.2 Å². The molecule has 0 fully saturated rings. The van der Waals surface area contributed by atoms with Crippen LogP contribution in [0.4, 0.5) is 0 Å². The van der Waals surface area contributed by atoms with E-state index in [1.807, 2.05) is 80.8 Å². The molecule has 5 nitrogen and oxygen atoms in total. The number of nitrogens with zero attached hydrogens (tertiary/aromatic N) is 1. The zero-order valence-corrected chi connectivity index (χ0v) is 21.9. The van der Waals surface area contributed by atoms with E-state index in [1.165, 1.54) is 19.2 Å². The molecule has 6 heteroatoms. The molecule has 1 radical (unpaired) electrons. The number of carbonyl (C=O) groups is 1. The Morgan fingerprint density at radius 2 is 1.30 bits per heavy atom. The minimum absolute atomic E-state index is 0.0255. The third kappa shape index (κ3) is 5.17. The van der Waals surface area contributed by atoms with Crippen molar-refractivity contribution in [1.29, 1.82) is 0 Å². The molecule has 0 bridgehead atoms. The Balaban J connectivity index is 1.79. The number of hydrogen-bond donors (Lipinski definition) is 0. The highest BCUT2D eigenvalue weighted by atomic mass is 32.2. The lowest BCUT2D eigenvalue weighted by molar-refractivity contribution is -0.714. The maximum atomic E-state index is 14.0. The van der Waals surface area contributed by atoms with Crippen molar-refractivity contribution in [2.24, 2.45) is 0 Å². The summed E-state index contributed by atoms with van der Waals surface area (Å²) in [4.78, 5) is 26.4.